The predicted molar refractivity (Wildman–Crippen MR) is 64.3 cm³/mol. The predicted octanol–water partition coefficient (Wildman–Crippen LogP) is 4.21. The second kappa shape index (κ2) is 4.35. The topological polar surface area (TPSA) is 0 Å². The van der Waals surface area contributed by atoms with Crippen LogP contribution in [0, 0.1) is 13.8 Å². The first-order valence-electron chi connectivity index (χ1n) is 5.11. The van der Waals surface area contributed by atoms with Crippen LogP contribution in [-0.2, 0) is 5.41 Å². The van der Waals surface area contributed by atoms with E-state index in [0.29, 0.717) is 0 Å². The van der Waals surface area contributed by atoms with Gasteiger partial charge in [0.2, 0.25) is 0 Å². The lowest BCUT2D eigenvalue weighted by Gasteiger charge is -2.26. The zero-order valence-corrected chi connectivity index (χ0v) is 10.3. The van der Waals surface area contributed by atoms with Crippen LogP contribution in [0.3, 0.4) is 0 Å². The van der Waals surface area contributed by atoms with Crippen LogP contribution in [0.5, 0.6) is 0 Å². The summed E-state index contributed by atoms with van der Waals surface area (Å²) in [4.78, 5) is 0. The van der Waals surface area contributed by atoms with Crippen molar-refractivity contribution < 1.29 is 0 Å². The van der Waals surface area contributed by atoms with Crippen LogP contribution in [0.2, 0.25) is 0 Å². The molecule has 0 atom stereocenters. The molecule has 1 rings (SSSR count). The zero-order chi connectivity index (χ0) is 10.8. The lowest BCUT2D eigenvalue weighted by atomic mass is 9.79. The third-order valence-electron chi connectivity index (χ3n) is 2.84. The molecule has 0 aliphatic heterocycles. The van der Waals surface area contributed by atoms with Gasteiger partial charge in [-0.25, -0.2) is 0 Å². The molecule has 0 N–H and O–H groups in total. The van der Waals surface area contributed by atoms with Gasteiger partial charge in [-0.3, -0.25) is 0 Å². The maximum absolute atomic E-state index is 5.83. The SMILES string of the molecule is Cc1ccc(C)c(C(C)(C)CCCl)c1. The van der Waals surface area contributed by atoms with Gasteiger partial charge in [0.05, 0.1) is 0 Å². The Kier molecular flexibility index (Phi) is 3.60. The molecule has 0 aliphatic carbocycles. The highest BCUT2D eigenvalue weighted by Gasteiger charge is 2.21. The summed E-state index contributed by atoms with van der Waals surface area (Å²) in [5.41, 5.74) is 4.31. The van der Waals surface area contributed by atoms with Gasteiger partial charge in [0.1, 0.15) is 0 Å². The fraction of sp³-hybridized carbons (Fsp3) is 0.538. The summed E-state index contributed by atoms with van der Waals surface area (Å²) in [6.07, 6.45) is 1.03. The Morgan fingerprint density at radius 1 is 1.21 bits per heavy atom. The fourth-order valence-corrected chi connectivity index (χ4v) is 2.31. The van der Waals surface area contributed by atoms with E-state index in [1.165, 1.54) is 16.7 Å². The fourth-order valence-electron chi connectivity index (χ4n) is 1.84. The van der Waals surface area contributed by atoms with Gasteiger partial charge in [0.15, 0.2) is 0 Å². The van der Waals surface area contributed by atoms with E-state index in [-0.39, 0.29) is 5.41 Å². The molecule has 0 aliphatic rings. The second-order valence-electron chi connectivity index (χ2n) is 4.64. The number of hydrogen-bond donors (Lipinski definition) is 0. The minimum atomic E-state index is 0.192. The van der Waals surface area contributed by atoms with Crippen molar-refractivity contribution in [1.82, 2.24) is 0 Å². The summed E-state index contributed by atoms with van der Waals surface area (Å²) in [6.45, 7) is 8.83. The third-order valence-corrected chi connectivity index (χ3v) is 3.03. The van der Waals surface area contributed by atoms with Crippen molar-refractivity contribution >= 4 is 11.6 Å². The van der Waals surface area contributed by atoms with Crippen molar-refractivity contribution in [3.63, 3.8) is 0 Å². The Morgan fingerprint density at radius 3 is 2.43 bits per heavy atom. The summed E-state index contributed by atoms with van der Waals surface area (Å²) in [7, 11) is 0. The molecule has 78 valence electrons. The Balaban J connectivity index is 3.10. The summed E-state index contributed by atoms with van der Waals surface area (Å²) < 4.78 is 0. The van der Waals surface area contributed by atoms with Crippen LogP contribution in [0.1, 0.15) is 37.0 Å². The summed E-state index contributed by atoms with van der Waals surface area (Å²) in [6, 6.07) is 6.64. The first-order chi connectivity index (χ1) is 6.47. The van der Waals surface area contributed by atoms with E-state index < -0.39 is 0 Å². The Bertz CT molecular complexity index is 313. The molecule has 0 saturated heterocycles. The Morgan fingerprint density at radius 2 is 1.86 bits per heavy atom. The molecule has 0 bridgehead atoms. The molecular formula is C13H19Cl. The number of benzene rings is 1. The van der Waals surface area contributed by atoms with Crippen molar-refractivity contribution in [2.45, 2.75) is 39.5 Å². The molecule has 14 heavy (non-hydrogen) atoms. The minimum Gasteiger partial charge on any atom is -0.127 e. The molecule has 1 aromatic carbocycles. The maximum atomic E-state index is 5.83. The normalized spacial score (nSPS) is 11.8. The minimum absolute atomic E-state index is 0.192. The van der Waals surface area contributed by atoms with E-state index in [2.05, 4.69) is 45.9 Å². The molecule has 0 unspecified atom stereocenters. The zero-order valence-electron chi connectivity index (χ0n) is 9.52. The molecule has 0 amide bonds. The number of hydrogen-bond acceptors (Lipinski definition) is 0. The summed E-state index contributed by atoms with van der Waals surface area (Å²) >= 11 is 5.83. The lowest BCUT2D eigenvalue weighted by molar-refractivity contribution is 0.506. The van der Waals surface area contributed by atoms with E-state index >= 15 is 0 Å². The number of rotatable bonds is 3. The van der Waals surface area contributed by atoms with Gasteiger partial charge in [-0.1, -0.05) is 37.6 Å². The monoisotopic (exact) mass is 210 g/mol. The Hall–Kier alpha value is -0.490. The Labute approximate surface area is 92.3 Å². The van der Waals surface area contributed by atoms with Crippen molar-refractivity contribution in [1.29, 1.82) is 0 Å². The smallest absolute Gasteiger partial charge is 0.0231 e. The molecule has 1 aromatic rings. The standard InChI is InChI=1S/C13H19Cl/c1-10-5-6-11(2)12(9-10)13(3,4)7-8-14/h5-6,9H,7-8H2,1-4H3. The van der Waals surface area contributed by atoms with Crippen molar-refractivity contribution in [2.24, 2.45) is 0 Å². The van der Waals surface area contributed by atoms with E-state index in [4.69, 9.17) is 11.6 Å². The molecular weight excluding hydrogens is 192 g/mol. The van der Waals surface area contributed by atoms with Crippen LogP contribution in [-0.4, -0.2) is 5.88 Å². The van der Waals surface area contributed by atoms with Gasteiger partial charge in [-0.15, -0.1) is 11.6 Å². The van der Waals surface area contributed by atoms with E-state index in [0.717, 1.165) is 12.3 Å². The molecule has 1 heteroatoms. The average Bonchev–Trinajstić information content (AvgIpc) is 2.09. The second-order valence-corrected chi connectivity index (χ2v) is 5.02. The molecule has 0 radical (unpaired) electrons. The first-order valence-corrected chi connectivity index (χ1v) is 5.64. The van der Waals surface area contributed by atoms with Crippen molar-refractivity contribution in [3.8, 4) is 0 Å². The van der Waals surface area contributed by atoms with Gasteiger partial charge in [-0.05, 0) is 36.8 Å². The number of alkyl halides is 1. The lowest BCUT2D eigenvalue weighted by Crippen LogP contribution is -2.19. The summed E-state index contributed by atoms with van der Waals surface area (Å²) in [5.74, 6) is 0.723. The number of halogens is 1. The largest absolute Gasteiger partial charge is 0.127 e. The highest BCUT2D eigenvalue weighted by atomic mass is 35.5. The molecule has 0 aromatic heterocycles. The summed E-state index contributed by atoms with van der Waals surface area (Å²) in [5, 5.41) is 0. The van der Waals surface area contributed by atoms with Crippen LogP contribution in [0.15, 0.2) is 18.2 Å². The van der Waals surface area contributed by atoms with Gasteiger partial charge >= 0.3 is 0 Å². The van der Waals surface area contributed by atoms with Crippen molar-refractivity contribution in [3.05, 3.63) is 34.9 Å². The van der Waals surface area contributed by atoms with Gasteiger partial charge in [0.25, 0.3) is 0 Å². The molecule has 0 heterocycles. The van der Waals surface area contributed by atoms with Gasteiger partial charge in [0, 0.05) is 5.88 Å². The van der Waals surface area contributed by atoms with Gasteiger partial charge < -0.3 is 0 Å². The quantitative estimate of drug-likeness (QED) is 0.656. The molecule has 0 fully saturated rings. The molecule has 0 spiro atoms. The molecule has 0 saturated carbocycles. The highest BCUT2D eigenvalue weighted by Crippen LogP contribution is 2.30. The van der Waals surface area contributed by atoms with Crippen LogP contribution >= 0.6 is 11.6 Å². The maximum Gasteiger partial charge on any atom is 0.0231 e. The average molecular weight is 211 g/mol. The first kappa shape index (κ1) is 11.6. The number of aryl methyl sites for hydroxylation is 2. The van der Waals surface area contributed by atoms with Crippen LogP contribution in [0.25, 0.3) is 0 Å². The highest BCUT2D eigenvalue weighted by molar-refractivity contribution is 6.17. The third kappa shape index (κ3) is 2.51. The van der Waals surface area contributed by atoms with E-state index in [9.17, 15) is 0 Å². The van der Waals surface area contributed by atoms with E-state index in [1.54, 1.807) is 0 Å². The molecule has 0 nitrogen and oxygen atoms in total. The van der Waals surface area contributed by atoms with Gasteiger partial charge in [-0.2, -0.15) is 0 Å². The van der Waals surface area contributed by atoms with Crippen LogP contribution in [0.4, 0.5) is 0 Å². The van der Waals surface area contributed by atoms with Crippen molar-refractivity contribution in [2.75, 3.05) is 5.88 Å². The van der Waals surface area contributed by atoms with Crippen LogP contribution < -0.4 is 0 Å². The van der Waals surface area contributed by atoms with E-state index in [1.807, 2.05) is 0 Å².